The summed E-state index contributed by atoms with van der Waals surface area (Å²) in [7, 11) is -10.2. The van der Waals surface area contributed by atoms with Gasteiger partial charge in [0.15, 0.2) is 6.23 Å². The molecule has 254 valence electrons. The normalized spacial score (nSPS) is 20.7. The van der Waals surface area contributed by atoms with Crippen LogP contribution < -0.4 is 11.0 Å². The Morgan fingerprint density at radius 2 is 1.43 bits per heavy atom. The van der Waals surface area contributed by atoms with Gasteiger partial charge in [-0.15, -0.1) is 0 Å². The molecule has 1 amide bonds. The molecule has 17 heteroatoms. The summed E-state index contributed by atoms with van der Waals surface area (Å²) in [6.45, 7) is 1.33. The molecule has 6 N–H and O–H groups in total. The van der Waals surface area contributed by atoms with E-state index in [1.54, 1.807) is 0 Å². The Morgan fingerprint density at radius 1 is 0.909 bits per heavy atom. The van der Waals surface area contributed by atoms with Crippen molar-refractivity contribution in [1.29, 1.82) is 0 Å². The quantitative estimate of drug-likeness (QED) is 0.0707. The van der Waals surface area contributed by atoms with Crippen LogP contribution >= 0.6 is 15.6 Å². The van der Waals surface area contributed by atoms with Crippen molar-refractivity contribution in [3.8, 4) is 0 Å². The number of nitrogens with zero attached hydrogens (tertiary/aromatic N) is 2. The SMILES string of the molecule is CCCCCCCCCCCCCCCCCC(=O)Nc1ccn([C@@H]2O[C@H](COP(=O)(O)O)[C@@H](OP(=O)(O)O)[C@H]2O)c(=O)n1. The number of nitrogens with one attached hydrogen (secondary N) is 1. The Balaban J connectivity index is 1.71. The molecule has 0 saturated carbocycles. The van der Waals surface area contributed by atoms with Crippen LogP contribution in [-0.2, 0) is 27.7 Å². The van der Waals surface area contributed by atoms with E-state index in [0.29, 0.717) is 6.42 Å². The van der Waals surface area contributed by atoms with Crippen LogP contribution in [0.3, 0.4) is 0 Å². The van der Waals surface area contributed by atoms with Crippen LogP contribution in [-0.4, -0.2) is 65.1 Å². The summed E-state index contributed by atoms with van der Waals surface area (Å²) in [5.41, 5.74) is -0.967. The van der Waals surface area contributed by atoms with Crippen LogP contribution in [0.2, 0.25) is 0 Å². The van der Waals surface area contributed by atoms with E-state index in [9.17, 15) is 23.8 Å². The van der Waals surface area contributed by atoms with E-state index in [4.69, 9.17) is 24.3 Å². The number of phosphoric acid groups is 2. The van der Waals surface area contributed by atoms with Gasteiger partial charge in [0.1, 0.15) is 24.1 Å². The predicted octanol–water partition coefficient (Wildman–Crippen LogP) is 4.29. The monoisotopic (exact) mass is 669 g/mol. The summed E-state index contributed by atoms with van der Waals surface area (Å²) >= 11 is 0. The number of aliphatic hydroxyl groups is 1. The molecule has 1 saturated heterocycles. The number of carbonyl (C=O) groups is 1. The summed E-state index contributed by atoms with van der Waals surface area (Å²) in [6.07, 6.45) is 12.8. The third-order valence-electron chi connectivity index (χ3n) is 7.35. The second-order valence-electron chi connectivity index (χ2n) is 11.2. The van der Waals surface area contributed by atoms with Crippen molar-refractivity contribution in [2.45, 2.75) is 134 Å². The highest BCUT2D eigenvalue weighted by atomic mass is 31.2. The van der Waals surface area contributed by atoms with Crippen LogP contribution in [0.5, 0.6) is 0 Å². The van der Waals surface area contributed by atoms with Crippen LogP contribution in [0.1, 0.15) is 116 Å². The Morgan fingerprint density at radius 3 is 1.91 bits per heavy atom. The number of hydrogen-bond donors (Lipinski definition) is 6. The summed E-state index contributed by atoms with van der Waals surface area (Å²) in [4.78, 5) is 64.9. The Labute approximate surface area is 258 Å². The lowest BCUT2D eigenvalue weighted by molar-refractivity contribution is -0.116. The van der Waals surface area contributed by atoms with E-state index < -0.39 is 52.5 Å². The predicted molar refractivity (Wildman–Crippen MR) is 162 cm³/mol. The van der Waals surface area contributed by atoms with Crippen molar-refractivity contribution in [3.63, 3.8) is 0 Å². The molecule has 0 radical (unpaired) electrons. The fourth-order valence-corrected chi connectivity index (χ4v) is 6.00. The molecule has 0 bridgehead atoms. The van der Waals surface area contributed by atoms with Crippen molar-refractivity contribution in [2.75, 3.05) is 11.9 Å². The Kier molecular flexibility index (Phi) is 17.5. The molecule has 0 aromatic carbocycles. The van der Waals surface area contributed by atoms with Gasteiger partial charge in [0.2, 0.25) is 5.91 Å². The standard InChI is InChI=1S/C27H49N3O12P2/c1-2-3-4-5-6-7-8-9-10-11-12-13-14-15-16-17-23(31)28-22-18-19-30(27(33)29-22)26-24(32)25(42-44(37,38)39)21(41-26)20-40-43(34,35)36/h18-19,21,24-26,32H,2-17,20H2,1H3,(H2,34,35,36)(H2,37,38,39)(H,28,29,31,33)/t21-,24-,25-,26-/m1/s1. The van der Waals surface area contributed by atoms with Gasteiger partial charge in [-0.25, -0.2) is 13.9 Å². The van der Waals surface area contributed by atoms with Crippen molar-refractivity contribution in [1.82, 2.24) is 9.55 Å². The maximum Gasteiger partial charge on any atom is 0.470 e. The number of anilines is 1. The van der Waals surface area contributed by atoms with E-state index in [-0.39, 0.29) is 18.1 Å². The number of amides is 1. The maximum atomic E-state index is 12.6. The van der Waals surface area contributed by atoms with Crippen molar-refractivity contribution < 1.29 is 52.4 Å². The summed E-state index contributed by atoms with van der Waals surface area (Å²) in [5.74, 6) is -0.347. The molecule has 1 fully saturated rings. The molecule has 2 rings (SSSR count). The Hall–Kier alpha value is -1.51. The molecule has 1 aromatic rings. The lowest BCUT2D eigenvalue weighted by atomic mass is 10.0. The minimum atomic E-state index is -5.18. The fourth-order valence-electron chi connectivity index (χ4n) is 5.08. The van der Waals surface area contributed by atoms with Gasteiger partial charge in [0.05, 0.1) is 6.61 Å². The highest BCUT2D eigenvalue weighted by molar-refractivity contribution is 7.46. The van der Waals surface area contributed by atoms with Gasteiger partial charge in [-0.05, 0) is 12.5 Å². The highest BCUT2D eigenvalue weighted by Crippen LogP contribution is 2.45. The molecule has 0 aliphatic carbocycles. The first-order valence-electron chi connectivity index (χ1n) is 15.5. The minimum absolute atomic E-state index is 0.0332. The van der Waals surface area contributed by atoms with Gasteiger partial charge >= 0.3 is 21.3 Å². The Bertz CT molecular complexity index is 1140. The van der Waals surface area contributed by atoms with E-state index >= 15 is 0 Å². The van der Waals surface area contributed by atoms with Crippen molar-refractivity contribution in [3.05, 3.63) is 22.7 Å². The summed E-state index contributed by atoms with van der Waals surface area (Å²) in [5, 5.41) is 13.1. The molecule has 15 nitrogen and oxygen atoms in total. The van der Waals surface area contributed by atoms with Crippen molar-refractivity contribution >= 4 is 27.4 Å². The molecule has 1 aliphatic rings. The largest absolute Gasteiger partial charge is 0.470 e. The molecule has 4 atom stereocenters. The zero-order chi connectivity index (χ0) is 32.6. The molecule has 2 heterocycles. The van der Waals surface area contributed by atoms with Crippen LogP contribution in [0.25, 0.3) is 0 Å². The first kappa shape index (κ1) is 38.7. The molecule has 1 aromatic heterocycles. The van der Waals surface area contributed by atoms with Gasteiger partial charge in [-0.1, -0.05) is 96.8 Å². The third-order valence-corrected chi connectivity index (χ3v) is 8.36. The number of aliphatic hydroxyl groups excluding tert-OH is 1. The molecular weight excluding hydrogens is 620 g/mol. The average Bonchev–Trinajstić information content (AvgIpc) is 3.22. The number of rotatable bonds is 23. The van der Waals surface area contributed by atoms with Crippen molar-refractivity contribution in [2.24, 2.45) is 0 Å². The number of phosphoric ester groups is 2. The zero-order valence-electron chi connectivity index (χ0n) is 25.4. The number of carbonyl (C=O) groups excluding carboxylic acids is 1. The van der Waals surface area contributed by atoms with E-state index in [2.05, 4.69) is 26.3 Å². The van der Waals surface area contributed by atoms with Gasteiger partial charge in [0.25, 0.3) is 0 Å². The van der Waals surface area contributed by atoms with E-state index in [1.807, 2.05) is 0 Å². The summed E-state index contributed by atoms with van der Waals surface area (Å²) < 4.78 is 37.5. The van der Waals surface area contributed by atoms with Crippen LogP contribution in [0.4, 0.5) is 5.82 Å². The lowest BCUT2D eigenvalue weighted by Crippen LogP contribution is -2.37. The number of unbranched alkanes of at least 4 members (excludes halogenated alkanes) is 14. The maximum absolute atomic E-state index is 12.6. The second kappa shape index (κ2) is 19.9. The number of hydrogen-bond acceptors (Lipinski definition) is 9. The van der Waals surface area contributed by atoms with Gasteiger partial charge in [0, 0.05) is 12.6 Å². The summed E-state index contributed by atoms with van der Waals surface area (Å²) in [6, 6.07) is 1.28. The average molecular weight is 670 g/mol. The van der Waals surface area contributed by atoms with Gasteiger partial charge < -0.3 is 34.7 Å². The lowest BCUT2D eigenvalue weighted by Gasteiger charge is -2.21. The fraction of sp³-hybridized carbons (Fsp3) is 0.815. The van der Waals surface area contributed by atoms with Crippen LogP contribution in [0.15, 0.2) is 17.1 Å². The van der Waals surface area contributed by atoms with E-state index in [1.165, 1.54) is 76.7 Å². The van der Waals surface area contributed by atoms with Gasteiger partial charge in [-0.2, -0.15) is 4.98 Å². The van der Waals surface area contributed by atoms with Crippen LogP contribution in [0, 0.1) is 0 Å². The molecular formula is C27H49N3O12P2. The minimum Gasteiger partial charge on any atom is -0.386 e. The number of ether oxygens (including phenoxy) is 1. The topological polar surface area (TPSA) is 227 Å². The first-order chi connectivity index (χ1) is 20.8. The van der Waals surface area contributed by atoms with Gasteiger partial charge in [-0.3, -0.25) is 18.4 Å². The highest BCUT2D eigenvalue weighted by Gasteiger charge is 2.49. The second-order valence-corrected chi connectivity index (χ2v) is 13.6. The van der Waals surface area contributed by atoms with E-state index in [0.717, 1.165) is 30.0 Å². The molecule has 44 heavy (non-hydrogen) atoms. The smallest absolute Gasteiger partial charge is 0.386 e. The first-order valence-corrected chi connectivity index (χ1v) is 18.5. The zero-order valence-corrected chi connectivity index (χ0v) is 27.2. The molecule has 0 unspecified atom stereocenters. The third kappa shape index (κ3) is 15.7. The molecule has 1 aliphatic heterocycles. The number of aromatic nitrogens is 2. The molecule has 0 spiro atoms.